The Hall–Kier alpha value is -2.81. The Kier molecular flexibility index (Phi) is 5.50. The van der Waals surface area contributed by atoms with Crippen molar-refractivity contribution in [3.05, 3.63) is 36.0 Å². The minimum absolute atomic E-state index is 0.0252. The molecule has 0 aliphatic rings. The molecular formula is C18H22F2N6O. The normalized spacial score (nSPS) is 12.6. The average Bonchev–Trinajstić information content (AvgIpc) is 2.94. The zero-order valence-electron chi connectivity index (χ0n) is 15.4. The van der Waals surface area contributed by atoms with E-state index in [1.165, 1.54) is 6.07 Å². The van der Waals surface area contributed by atoms with Crippen molar-refractivity contribution in [1.82, 2.24) is 19.5 Å². The fourth-order valence-corrected chi connectivity index (χ4v) is 2.77. The third kappa shape index (κ3) is 4.13. The van der Waals surface area contributed by atoms with Crippen LogP contribution < -0.4 is 10.6 Å². The summed E-state index contributed by atoms with van der Waals surface area (Å²) in [4.78, 5) is 13.3. The number of nitrogens with zero attached hydrogens (tertiary/aromatic N) is 4. The smallest absolute Gasteiger partial charge is 0.211 e. The molecule has 2 aromatic heterocycles. The number of anilines is 3. The molecule has 1 aromatic carbocycles. The summed E-state index contributed by atoms with van der Waals surface area (Å²) in [5.74, 6) is -0.480. The van der Waals surface area contributed by atoms with Crippen LogP contribution in [0.4, 0.5) is 26.2 Å². The summed E-state index contributed by atoms with van der Waals surface area (Å²) in [6.45, 7) is 5.85. The quantitative estimate of drug-likeness (QED) is 0.584. The maximum absolute atomic E-state index is 14.1. The summed E-state index contributed by atoms with van der Waals surface area (Å²) in [5, 5.41) is 15.4. The Labute approximate surface area is 155 Å². The molecule has 3 N–H and O–H groups in total. The van der Waals surface area contributed by atoms with Gasteiger partial charge in [-0.3, -0.25) is 4.57 Å². The van der Waals surface area contributed by atoms with Crippen molar-refractivity contribution in [2.24, 2.45) is 0 Å². The summed E-state index contributed by atoms with van der Waals surface area (Å²) in [7, 11) is 0. The van der Waals surface area contributed by atoms with E-state index in [-0.39, 0.29) is 24.4 Å². The third-order valence-corrected chi connectivity index (χ3v) is 4.01. The lowest BCUT2D eigenvalue weighted by atomic mass is 10.2. The maximum Gasteiger partial charge on any atom is 0.211 e. The highest BCUT2D eigenvalue weighted by molar-refractivity contribution is 5.74. The first-order valence-electron chi connectivity index (χ1n) is 8.73. The molecule has 0 fully saturated rings. The van der Waals surface area contributed by atoms with Gasteiger partial charge in [-0.2, -0.15) is 4.98 Å². The minimum atomic E-state index is -0.730. The highest BCUT2D eigenvalue weighted by Crippen LogP contribution is 2.28. The predicted molar refractivity (Wildman–Crippen MR) is 100 cm³/mol. The van der Waals surface area contributed by atoms with Gasteiger partial charge in [0, 0.05) is 24.8 Å². The van der Waals surface area contributed by atoms with Crippen LogP contribution in [0, 0.1) is 11.6 Å². The lowest BCUT2D eigenvalue weighted by molar-refractivity contribution is 0.264. The zero-order valence-corrected chi connectivity index (χ0v) is 15.4. The van der Waals surface area contributed by atoms with Crippen LogP contribution in [0.2, 0.25) is 0 Å². The number of aliphatic hydroxyl groups excluding tert-OH is 1. The number of benzene rings is 1. The van der Waals surface area contributed by atoms with E-state index < -0.39 is 11.6 Å². The second-order valence-corrected chi connectivity index (χ2v) is 6.62. The van der Waals surface area contributed by atoms with E-state index in [0.29, 0.717) is 29.5 Å². The molecule has 0 amide bonds. The Bertz CT molecular complexity index is 943. The van der Waals surface area contributed by atoms with E-state index in [1.807, 2.05) is 20.8 Å². The molecule has 0 saturated heterocycles. The van der Waals surface area contributed by atoms with Crippen molar-refractivity contribution < 1.29 is 13.9 Å². The Balaban J connectivity index is 2.08. The van der Waals surface area contributed by atoms with Crippen LogP contribution in [-0.2, 0) is 0 Å². The van der Waals surface area contributed by atoms with Gasteiger partial charge < -0.3 is 15.7 Å². The van der Waals surface area contributed by atoms with Crippen LogP contribution in [0.3, 0.4) is 0 Å². The number of hydrogen-bond donors (Lipinski definition) is 3. The van der Waals surface area contributed by atoms with Crippen LogP contribution in [-0.4, -0.2) is 37.3 Å². The molecular weight excluding hydrogens is 354 g/mol. The zero-order chi connectivity index (χ0) is 19.6. The van der Waals surface area contributed by atoms with E-state index in [4.69, 9.17) is 0 Å². The highest BCUT2D eigenvalue weighted by Gasteiger charge is 2.20. The van der Waals surface area contributed by atoms with Crippen LogP contribution in [0.25, 0.3) is 11.3 Å². The molecule has 0 spiro atoms. The molecule has 0 aliphatic carbocycles. The number of nitrogens with one attached hydrogen (secondary N) is 2. The molecule has 144 valence electrons. The molecule has 9 heteroatoms. The van der Waals surface area contributed by atoms with E-state index in [2.05, 4.69) is 25.6 Å². The van der Waals surface area contributed by atoms with Gasteiger partial charge in [0.2, 0.25) is 5.95 Å². The van der Waals surface area contributed by atoms with Gasteiger partial charge in [-0.05, 0) is 39.3 Å². The second-order valence-electron chi connectivity index (χ2n) is 6.62. The predicted octanol–water partition coefficient (Wildman–Crippen LogP) is 3.61. The molecule has 1 unspecified atom stereocenters. The van der Waals surface area contributed by atoms with E-state index >= 15 is 0 Å². The Morgan fingerprint density at radius 3 is 2.63 bits per heavy atom. The summed E-state index contributed by atoms with van der Waals surface area (Å²) in [6, 6.07) is 3.27. The SMILES string of the molecule is CC(C)Nc1cnc2nc(Nc3ccc(F)cc3F)n(C(C)CCO)c2n1. The van der Waals surface area contributed by atoms with E-state index in [0.717, 1.165) is 12.1 Å². The van der Waals surface area contributed by atoms with Gasteiger partial charge in [0.1, 0.15) is 17.5 Å². The third-order valence-electron chi connectivity index (χ3n) is 4.01. The Morgan fingerprint density at radius 1 is 1.19 bits per heavy atom. The maximum atomic E-state index is 14.1. The van der Waals surface area contributed by atoms with Gasteiger partial charge >= 0.3 is 0 Å². The highest BCUT2D eigenvalue weighted by atomic mass is 19.1. The second kappa shape index (κ2) is 7.83. The first-order valence-corrected chi connectivity index (χ1v) is 8.73. The van der Waals surface area contributed by atoms with Gasteiger partial charge in [0.05, 0.1) is 11.9 Å². The molecule has 0 radical (unpaired) electrons. The topological polar surface area (TPSA) is 87.9 Å². The molecule has 27 heavy (non-hydrogen) atoms. The molecule has 1 atom stereocenters. The summed E-state index contributed by atoms with van der Waals surface area (Å²) < 4.78 is 29.0. The van der Waals surface area contributed by atoms with Crippen molar-refractivity contribution in [1.29, 1.82) is 0 Å². The number of rotatable bonds is 7. The van der Waals surface area contributed by atoms with Gasteiger partial charge in [0.15, 0.2) is 11.3 Å². The largest absolute Gasteiger partial charge is 0.396 e. The Morgan fingerprint density at radius 2 is 1.96 bits per heavy atom. The summed E-state index contributed by atoms with van der Waals surface area (Å²) in [6.07, 6.45) is 2.04. The van der Waals surface area contributed by atoms with Gasteiger partial charge in [0.25, 0.3) is 0 Å². The van der Waals surface area contributed by atoms with Crippen molar-refractivity contribution in [2.75, 3.05) is 17.2 Å². The summed E-state index contributed by atoms with van der Waals surface area (Å²) >= 11 is 0. The molecule has 0 aliphatic heterocycles. The van der Waals surface area contributed by atoms with E-state index in [1.54, 1.807) is 10.8 Å². The molecule has 2 heterocycles. The molecule has 0 saturated carbocycles. The van der Waals surface area contributed by atoms with E-state index in [9.17, 15) is 13.9 Å². The average molecular weight is 376 g/mol. The number of fused-ring (bicyclic) bond motifs is 1. The van der Waals surface area contributed by atoms with Gasteiger partial charge in [-0.15, -0.1) is 0 Å². The fraction of sp³-hybridized carbons (Fsp3) is 0.389. The van der Waals surface area contributed by atoms with Crippen molar-refractivity contribution in [3.63, 3.8) is 0 Å². The fourth-order valence-electron chi connectivity index (χ4n) is 2.77. The lowest BCUT2D eigenvalue weighted by Crippen LogP contribution is -2.14. The van der Waals surface area contributed by atoms with Gasteiger partial charge in [-0.1, -0.05) is 0 Å². The number of imidazole rings is 1. The first-order chi connectivity index (χ1) is 12.9. The van der Waals surface area contributed by atoms with Crippen molar-refractivity contribution >= 4 is 28.7 Å². The van der Waals surface area contributed by atoms with Crippen LogP contribution in [0.5, 0.6) is 0 Å². The molecule has 7 nitrogen and oxygen atoms in total. The number of aromatic nitrogens is 4. The minimum Gasteiger partial charge on any atom is -0.396 e. The number of hydrogen-bond acceptors (Lipinski definition) is 6. The first kappa shape index (κ1) is 19.0. The number of aliphatic hydroxyl groups is 1. The lowest BCUT2D eigenvalue weighted by Gasteiger charge is -2.17. The molecule has 0 bridgehead atoms. The number of halogens is 2. The molecule has 3 rings (SSSR count). The van der Waals surface area contributed by atoms with Gasteiger partial charge in [-0.25, -0.2) is 18.7 Å². The monoisotopic (exact) mass is 376 g/mol. The van der Waals surface area contributed by atoms with Crippen molar-refractivity contribution in [2.45, 2.75) is 39.3 Å². The van der Waals surface area contributed by atoms with Crippen LogP contribution >= 0.6 is 0 Å². The summed E-state index contributed by atoms with van der Waals surface area (Å²) in [5.41, 5.74) is 0.982. The van der Waals surface area contributed by atoms with Crippen molar-refractivity contribution in [3.8, 4) is 0 Å². The molecule has 3 aromatic rings. The van der Waals surface area contributed by atoms with Crippen LogP contribution in [0.1, 0.15) is 33.2 Å². The standard InChI is InChI=1S/C18H22F2N6O/c1-10(2)22-15-9-21-16-17(24-15)26(11(3)6-7-27)18(25-16)23-14-5-4-12(19)8-13(14)20/h4-5,8-11,27H,6-7H2,1-3H3,(H,22,24)(H,21,23,25). The van der Waals surface area contributed by atoms with Crippen LogP contribution in [0.15, 0.2) is 24.4 Å².